The molecule has 2 N–H and O–H groups in total. The minimum absolute atomic E-state index is 0.105. The Hall–Kier alpha value is -3.74. The van der Waals surface area contributed by atoms with Crippen LogP contribution in [0.1, 0.15) is 35.7 Å². The van der Waals surface area contributed by atoms with E-state index in [4.69, 9.17) is 4.74 Å². The Morgan fingerprint density at radius 1 is 1.03 bits per heavy atom. The van der Waals surface area contributed by atoms with Crippen LogP contribution in [0.15, 0.2) is 64.8 Å². The number of carbonyl (C=O) groups excluding carboxylic acids is 1. The van der Waals surface area contributed by atoms with Gasteiger partial charge >= 0.3 is 11.9 Å². The molecule has 0 saturated heterocycles. The number of benzene rings is 3. The average molecular weight is 406 g/mol. The van der Waals surface area contributed by atoms with E-state index in [1.165, 1.54) is 6.07 Å². The second-order valence-corrected chi connectivity index (χ2v) is 6.73. The summed E-state index contributed by atoms with van der Waals surface area (Å²) in [5.74, 6) is -1.88. The van der Waals surface area contributed by atoms with Crippen LogP contribution in [0.5, 0.6) is 5.75 Å². The number of esters is 1. The summed E-state index contributed by atoms with van der Waals surface area (Å²) in [7, 11) is 0. The van der Waals surface area contributed by atoms with Crippen LogP contribution in [-0.2, 0) is 16.0 Å². The first kappa shape index (κ1) is 21.0. The number of ether oxygens (including phenoxy) is 1. The minimum Gasteiger partial charge on any atom is -0.505 e. The quantitative estimate of drug-likeness (QED) is 0.377. The number of hydrogen-bond acceptors (Lipinski definition) is 6. The number of carboxylic acids is 1. The molecule has 0 amide bonds. The summed E-state index contributed by atoms with van der Waals surface area (Å²) < 4.78 is 5.06. The second kappa shape index (κ2) is 9.65. The SMILES string of the molecule is CCCOC(=O)CCc1ccc(N=Nc2c(O)c(C(=O)O)cc3ccccc23)cc1. The number of fused-ring (bicyclic) bond motifs is 1. The highest BCUT2D eigenvalue weighted by molar-refractivity contribution is 6.04. The van der Waals surface area contributed by atoms with Crippen LogP contribution in [0.4, 0.5) is 11.4 Å². The number of azo groups is 1. The molecule has 3 aromatic carbocycles. The van der Waals surface area contributed by atoms with Crippen molar-refractivity contribution in [2.24, 2.45) is 10.2 Å². The van der Waals surface area contributed by atoms with Gasteiger partial charge in [0.15, 0.2) is 5.75 Å². The van der Waals surface area contributed by atoms with Gasteiger partial charge in [0.05, 0.1) is 12.3 Å². The summed E-state index contributed by atoms with van der Waals surface area (Å²) in [4.78, 5) is 23.0. The van der Waals surface area contributed by atoms with Crippen LogP contribution >= 0.6 is 0 Å². The molecule has 0 aliphatic carbocycles. The van der Waals surface area contributed by atoms with Gasteiger partial charge in [0.1, 0.15) is 11.3 Å². The van der Waals surface area contributed by atoms with E-state index in [2.05, 4.69) is 10.2 Å². The molecule has 0 fully saturated rings. The Labute approximate surface area is 173 Å². The van der Waals surface area contributed by atoms with Crippen molar-refractivity contribution in [3.63, 3.8) is 0 Å². The highest BCUT2D eigenvalue weighted by Crippen LogP contribution is 2.39. The van der Waals surface area contributed by atoms with Crippen LogP contribution < -0.4 is 0 Å². The zero-order chi connectivity index (χ0) is 21.5. The summed E-state index contributed by atoms with van der Waals surface area (Å²) in [5.41, 5.74) is 1.38. The molecule has 0 bridgehead atoms. The molecule has 0 aliphatic rings. The first-order valence-electron chi connectivity index (χ1n) is 9.64. The molecule has 0 aliphatic heterocycles. The summed E-state index contributed by atoms with van der Waals surface area (Å²) in [6.45, 7) is 2.38. The predicted molar refractivity (Wildman–Crippen MR) is 113 cm³/mol. The van der Waals surface area contributed by atoms with Crippen LogP contribution in [0.3, 0.4) is 0 Å². The topological polar surface area (TPSA) is 109 Å². The molecular weight excluding hydrogens is 384 g/mol. The van der Waals surface area contributed by atoms with Crippen LogP contribution in [0, 0.1) is 0 Å². The number of aromatic carboxylic acids is 1. The van der Waals surface area contributed by atoms with Crippen molar-refractivity contribution in [3.8, 4) is 5.75 Å². The summed E-state index contributed by atoms with van der Waals surface area (Å²) in [6, 6.07) is 15.6. The summed E-state index contributed by atoms with van der Waals surface area (Å²) in [6.07, 6.45) is 1.67. The highest BCUT2D eigenvalue weighted by Gasteiger charge is 2.17. The largest absolute Gasteiger partial charge is 0.505 e. The Balaban J connectivity index is 1.79. The average Bonchev–Trinajstić information content (AvgIpc) is 2.75. The minimum atomic E-state index is -1.24. The second-order valence-electron chi connectivity index (χ2n) is 6.73. The van der Waals surface area contributed by atoms with Gasteiger partial charge in [-0.3, -0.25) is 4.79 Å². The summed E-state index contributed by atoms with van der Waals surface area (Å²) >= 11 is 0. The fraction of sp³-hybridized carbons (Fsp3) is 0.217. The smallest absolute Gasteiger partial charge is 0.339 e. The first-order valence-corrected chi connectivity index (χ1v) is 9.64. The number of hydrogen-bond donors (Lipinski definition) is 2. The molecule has 3 rings (SSSR count). The molecule has 154 valence electrons. The molecule has 0 spiro atoms. The number of carboxylic acid groups (broad SMARTS) is 1. The van der Waals surface area contributed by atoms with Gasteiger partial charge in [-0.1, -0.05) is 43.3 Å². The van der Waals surface area contributed by atoms with Crippen molar-refractivity contribution in [3.05, 3.63) is 65.7 Å². The first-order chi connectivity index (χ1) is 14.5. The van der Waals surface area contributed by atoms with E-state index in [-0.39, 0.29) is 17.2 Å². The summed E-state index contributed by atoms with van der Waals surface area (Å²) in [5, 5.41) is 29.2. The molecule has 30 heavy (non-hydrogen) atoms. The van der Waals surface area contributed by atoms with E-state index in [9.17, 15) is 19.8 Å². The van der Waals surface area contributed by atoms with Gasteiger partial charge in [-0.2, -0.15) is 5.11 Å². The number of aryl methyl sites for hydroxylation is 1. The van der Waals surface area contributed by atoms with E-state index in [1.807, 2.05) is 19.1 Å². The third-order valence-electron chi connectivity index (χ3n) is 4.51. The van der Waals surface area contributed by atoms with E-state index in [1.54, 1.807) is 36.4 Å². The maximum atomic E-state index is 11.6. The van der Waals surface area contributed by atoms with Crippen molar-refractivity contribution in [1.82, 2.24) is 0 Å². The van der Waals surface area contributed by atoms with Gasteiger partial charge < -0.3 is 14.9 Å². The van der Waals surface area contributed by atoms with Crippen LogP contribution in [-0.4, -0.2) is 28.8 Å². The third-order valence-corrected chi connectivity index (χ3v) is 4.51. The molecule has 0 atom stereocenters. The van der Waals surface area contributed by atoms with Crippen LogP contribution in [0.2, 0.25) is 0 Å². The van der Waals surface area contributed by atoms with Gasteiger partial charge in [-0.05, 0) is 42.0 Å². The van der Waals surface area contributed by atoms with Crippen molar-refractivity contribution in [2.75, 3.05) is 6.61 Å². The lowest BCUT2D eigenvalue weighted by Gasteiger charge is -2.07. The lowest BCUT2D eigenvalue weighted by atomic mass is 10.0. The Bertz CT molecular complexity index is 1090. The zero-order valence-corrected chi connectivity index (χ0v) is 16.5. The number of carbonyl (C=O) groups is 2. The monoisotopic (exact) mass is 406 g/mol. The molecule has 0 radical (unpaired) electrons. The Morgan fingerprint density at radius 3 is 2.47 bits per heavy atom. The lowest BCUT2D eigenvalue weighted by Crippen LogP contribution is -2.06. The van der Waals surface area contributed by atoms with E-state index < -0.39 is 11.7 Å². The van der Waals surface area contributed by atoms with Gasteiger partial charge in [-0.15, -0.1) is 5.11 Å². The highest BCUT2D eigenvalue weighted by atomic mass is 16.5. The molecule has 3 aromatic rings. The molecule has 0 saturated carbocycles. The van der Waals surface area contributed by atoms with Crippen LogP contribution in [0.25, 0.3) is 10.8 Å². The molecule has 7 nitrogen and oxygen atoms in total. The van der Waals surface area contributed by atoms with Crippen molar-refractivity contribution in [2.45, 2.75) is 26.2 Å². The number of nitrogens with zero attached hydrogens (tertiary/aromatic N) is 2. The van der Waals surface area contributed by atoms with Crippen molar-refractivity contribution >= 4 is 34.1 Å². The molecular formula is C23H22N2O5. The standard InChI is InChI=1S/C23H22N2O5/c1-2-13-30-20(26)12-9-15-7-10-17(11-8-15)24-25-21-18-6-4-3-5-16(18)14-19(22(21)27)23(28)29/h3-8,10-11,14,27H,2,9,12-13H2,1H3,(H,28,29). The lowest BCUT2D eigenvalue weighted by molar-refractivity contribution is -0.143. The van der Waals surface area contributed by atoms with E-state index >= 15 is 0 Å². The third kappa shape index (κ3) is 5.00. The molecule has 7 heteroatoms. The zero-order valence-electron chi connectivity index (χ0n) is 16.5. The van der Waals surface area contributed by atoms with Crippen molar-refractivity contribution in [1.29, 1.82) is 0 Å². The predicted octanol–water partition coefficient (Wildman–Crippen LogP) is 5.54. The molecule has 0 unspecified atom stereocenters. The van der Waals surface area contributed by atoms with Gasteiger partial charge in [0, 0.05) is 11.8 Å². The number of rotatable bonds is 8. The number of aromatic hydroxyl groups is 1. The number of phenols is 1. The molecule has 0 aromatic heterocycles. The van der Waals surface area contributed by atoms with Gasteiger partial charge in [0.25, 0.3) is 0 Å². The Kier molecular flexibility index (Phi) is 6.75. The van der Waals surface area contributed by atoms with Gasteiger partial charge in [-0.25, -0.2) is 4.79 Å². The normalized spacial score (nSPS) is 11.1. The van der Waals surface area contributed by atoms with E-state index in [0.717, 1.165) is 12.0 Å². The van der Waals surface area contributed by atoms with Crippen molar-refractivity contribution < 1.29 is 24.5 Å². The Morgan fingerprint density at radius 2 is 1.77 bits per heavy atom. The maximum Gasteiger partial charge on any atom is 0.339 e. The van der Waals surface area contributed by atoms with Gasteiger partial charge in [0.2, 0.25) is 0 Å². The fourth-order valence-electron chi connectivity index (χ4n) is 2.95. The van der Waals surface area contributed by atoms with E-state index in [0.29, 0.717) is 35.9 Å². The fourth-order valence-corrected chi connectivity index (χ4v) is 2.95. The molecule has 0 heterocycles. The maximum absolute atomic E-state index is 11.6.